The Morgan fingerprint density at radius 3 is 2.22 bits per heavy atom. The van der Waals surface area contributed by atoms with Crippen molar-refractivity contribution in [2.45, 2.75) is 46.6 Å². The number of hydrogen-bond acceptors (Lipinski definition) is 2. The highest BCUT2D eigenvalue weighted by Gasteiger charge is 2.29. The van der Waals surface area contributed by atoms with Crippen LogP contribution in [0.4, 0.5) is 5.69 Å². The molecule has 18 heavy (non-hydrogen) atoms. The van der Waals surface area contributed by atoms with Crippen LogP contribution in [0.3, 0.4) is 0 Å². The molecule has 0 aliphatic heterocycles. The molecule has 0 fully saturated rings. The molecular weight excluding hydrogens is 224 g/mol. The molecule has 1 atom stereocenters. The second-order valence-corrected chi connectivity index (χ2v) is 4.79. The van der Waals surface area contributed by atoms with Gasteiger partial charge in [-0.2, -0.15) is 10.5 Å². The molecule has 1 aromatic rings. The summed E-state index contributed by atoms with van der Waals surface area (Å²) in [5.74, 6) is 6.79. The Hall–Kier alpha value is -1.35. The molecule has 0 aliphatic rings. The largest absolute Gasteiger partial charge is 0.360 e. The van der Waals surface area contributed by atoms with Crippen LogP contribution in [0.1, 0.15) is 40.5 Å². The van der Waals surface area contributed by atoms with Gasteiger partial charge in [0.05, 0.1) is 6.42 Å². The first kappa shape index (κ1) is 14.7. The Labute approximate surface area is 110 Å². The van der Waals surface area contributed by atoms with Crippen molar-refractivity contribution in [1.82, 2.24) is 0 Å². The zero-order chi connectivity index (χ0) is 13.5. The highest BCUT2D eigenvalue weighted by atomic mass is 16.6. The molecule has 0 amide bonds. The number of benzene rings is 1. The van der Waals surface area contributed by atoms with Crippen molar-refractivity contribution in [2.24, 2.45) is 11.8 Å². The van der Waals surface area contributed by atoms with Gasteiger partial charge in [-0.05, 0) is 0 Å². The minimum absolute atomic E-state index is 0.394. The van der Waals surface area contributed by atoms with Crippen molar-refractivity contribution in [3.63, 3.8) is 0 Å². The fourth-order valence-corrected chi connectivity index (χ4v) is 2.37. The van der Waals surface area contributed by atoms with Gasteiger partial charge in [0.2, 0.25) is 5.69 Å². The van der Waals surface area contributed by atoms with Crippen molar-refractivity contribution >= 4 is 11.6 Å². The molecule has 1 aromatic carbocycles. The fraction of sp³-hybridized carbons (Fsp3) is 0.533. The third-order valence-electron chi connectivity index (χ3n) is 3.26. The quantitative estimate of drug-likeness (QED) is 0.375. The second-order valence-electron chi connectivity index (χ2n) is 4.79. The lowest BCUT2D eigenvalue weighted by Gasteiger charge is -2.19. The van der Waals surface area contributed by atoms with Gasteiger partial charge in [-0.3, -0.25) is 0 Å². The van der Waals surface area contributed by atoms with Crippen molar-refractivity contribution in [2.75, 3.05) is 0 Å². The van der Waals surface area contributed by atoms with E-state index < -0.39 is 0 Å². The third kappa shape index (κ3) is 3.33. The van der Waals surface area contributed by atoms with Gasteiger partial charge in [-0.25, -0.2) is 0 Å². The van der Waals surface area contributed by atoms with E-state index in [2.05, 4.69) is 44.4 Å². The Morgan fingerprint density at radius 1 is 1.22 bits per heavy atom. The molecule has 1 unspecified atom stereocenters. The summed E-state index contributed by atoms with van der Waals surface area (Å²) in [6.45, 7) is 8.72. The van der Waals surface area contributed by atoms with Crippen molar-refractivity contribution in [3.8, 4) is 0 Å². The first-order valence-corrected chi connectivity index (χ1v) is 6.72. The van der Waals surface area contributed by atoms with Crippen molar-refractivity contribution in [3.05, 3.63) is 30.3 Å². The maximum absolute atomic E-state index is 5.44. The van der Waals surface area contributed by atoms with E-state index in [0.717, 1.165) is 24.4 Å². The summed E-state index contributed by atoms with van der Waals surface area (Å²) in [6.07, 6.45) is 1.84. The van der Waals surface area contributed by atoms with Gasteiger partial charge in [-0.1, -0.05) is 45.9 Å². The molecule has 3 nitrogen and oxygen atoms in total. The SMILES string of the molecule is CCC(ON)=[N+](c1ccccc1)C(CC)C(C)C. The predicted octanol–water partition coefficient (Wildman–Crippen LogP) is 3.46. The van der Waals surface area contributed by atoms with Gasteiger partial charge >= 0.3 is 5.90 Å². The molecule has 1 rings (SSSR count). The summed E-state index contributed by atoms with van der Waals surface area (Å²) < 4.78 is 2.23. The molecule has 100 valence electrons. The van der Waals surface area contributed by atoms with Gasteiger partial charge in [0.25, 0.3) is 0 Å². The van der Waals surface area contributed by atoms with Crippen LogP contribution in [0.5, 0.6) is 0 Å². The van der Waals surface area contributed by atoms with Crippen LogP contribution in [0.2, 0.25) is 0 Å². The maximum atomic E-state index is 5.44. The van der Waals surface area contributed by atoms with Crippen LogP contribution in [0, 0.1) is 5.92 Å². The highest BCUT2D eigenvalue weighted by Crippen LogP contribution is 2.21. The minimum Gasteiger partial charge on any atom is -0.355 e. The summed E-state index contributed by atoms with van der Waals surface area (Å²) in [6, 6.07) is 10.7. The van der Waals surface area contributed by atoms with Crippen LogP contribution in [-0.2, 0) is 4.84 Å². The molecule has 0 heterocycles. The highest BCUT2D eigenvalue weighted by molar-refractivity contribution is 5.71. The van der Waals surface area contributed by atoms with Gasteiger partial charge in [-0.15, -0.1) is 0 Å². The Bertz CT molecular complexity index is 379. The first-order chi connectivity index (χ1) is 8.65. The minimum atomic E-state index is 0.394. The lowest BCUT2D eigenvalue weighted by atomic mass is 10.0. The molecule has 0 spiro atoms. The van der Waals surface area contributed by atoms with E-state index in [1.807, 2.05) is 18.2 Å². The first-order valence-electron chi connectivity index (χ1n) is 6.72. The van der Waals surface area contributed by atoms with Gasteiger partial charge in [0.1, 0.15) is 0 Å². The summed E-state index contributed by atoms with van der Waals surface area (Å²) in [5.41, 5.74) is 1.14. The van der Waals surface area contributed by atoms with Crippen molar-refractivity contribution in [1.29, 1.82) is 0 Å². The smallest absolute Gasteiger partial charge is 0.355 e. The van der Waals surface area contributed by atoms with Gasteiger partial charge < -0.3 is 4.84 Å². The van der Waals surface area contributed by atoms with Crippen molar-refractivity contribution < 1.29 is 9.41 Å². The molecule has 0 saturated heterocycles. The number of para-hydroxylation sites is 1. The van der Waals surface area contributed by atoms with Crippen LogP contribution in [0.15, 0.2) is 30.3 Å². The van der Waals surface area contributed by atoms with E-state index in [1.165, 1.54) is 0 Å². The third-order valence-corrected chi connectivity index (χ3v) is 3.26. The Morgan fingerprint density at radius 2 is 1.83 bits per heavy atom. The zero-order valence-corrected chi connectivity index (χ0v) is 11.9. The fourth-order valence-electron chi connectivity index (χ4n) is 2.37. The summed E-state index contributed by atoms with van der Waals surface area (Å²) in [7, 11) is 0. The second kappa shape index (κ2) is 7.17. The summed E-state index contributed by atoms with van der Waals surface area (Å²) >= 11 is 0. The average molecular weight is 249 g/mol. The molecule has 0 radical (unpaired) electrons. The Kier molecular flexibility index (Phi) is 5.86. The Balaban J connectivity index is 3.31. The van der Waals surface area contributed by atoms with E-state index in [9.17, 15) is 0 Å². The molecule has 0 bridgehead atoms. The zero-order valence-electron chi connectivity index (χ0n) is 11.9. The number of rotatable bonds is 5. The maximum Gasteiger partial charge on any atom is 0.360 e. The topological polar surface area (TPSA) is 38.3 Å². The molecule has 2 N–H and O–H groups in total. The normalized spacial score (nSPS) is 14.3. The predicted molar refractivity (Wildman–Crippen MR) is 75.8 cm³/mol. The van der Waals surface area contributed by atoms with Gasteiger partial charge in [0, 0.05) is 24.5 Å². The van der Waals surface area contributed by atoms with Crippen LogP contribution < -0.4 is 5.90 Å². The standard InChI is InChI=1S/C15H25N2O/c1-5-14(12(3)4)17(15(6-2)18-16)13-10-8-7-9-11-13/h7-12,14H,5-6,16H2,1-4H3/q+1. The molecule has 0 saturated carbocycles. The van der Waals surface area contributed by atoms with Crippen LogP contribution in [-0.4, -0.2) is 16.5 Å². The summed E-state index contributed by atoms with van der Waals surface area (Å²) in [4.78, 5) is 5.09. The number of hydrogen-bond donors (Lipinski definition) is 1. The van der Waals surface area contributed by atoms with E-state index >= 15 is 0 Å². The molecule has 0 aliphatic carbocycles. The van der Waals surface area contributed by atoms with Crippen LogP contribution in [0.25, 0.3) is 0 Å². The monoisotopic (exact) mass is 249 g/mol. The average Bonchev–Trinajstić information content (AvgIpc) is 2.39. The van der Waals surface area contributed by atoms with Crippen LogP contribution >= 0.6 is 0 Å². The van der Waals surface area contributed by atoms with Gasteiger partial charge in [0.15, 0.2) is 6.04 Å². The lowest BCUT2D eigenvalue weighted by Crippen LogP contribution is -2.34. The summed E-state index contributed by atoms with van der Waals surface area (Å²) in [5, 5.41) is 0. The molecule has 3 heteroatoms. The number of nitrogens with zero attached hydrogens (tertiary/aromatic N) is 1. The van der Waals surface area contributed by atoms with E-state index in [4.69, 9.17) is 10.7 Å². The van der Waals surface area contributed by atoms with E-state index in [0.29, 0.717) is 12.0 Å². The number of nitrogens with two attached hydrogens (primary N) is 1. The molecular formula is C15H25N2O+. The molecule has 0 aromatic heterocycles. The lowest BCUT2D eigenvalue weighted by molar-refractivity contribution is -0.505. The van der Waals surface area contributed by atoms with E-state index in [-0.39, 0.29) is 0 Å². The van der Waals surface area contributed by atoms with E-state index in [1.54, 1.807) is 0 Å².